The molecule has 0 aliphatic carbocycles. The van der Waals surface area contributed by atoms with Crippen molar-refractivity contribution in [2.24, 2.45) is 0 Å². The second kappa shape index (κ2) is 20.5. The summed E-state index contributed by atoms with van der Waals surface area (Å²) >= 11 is 0. The van der Waals surface area contributed by atoms with Crippen LogP contribution in [0.5, 0.6) is 0 Å². The Kier molecular flexibility index (Phi) is 12.6. The molecule has 0 N–H and O–H groups in total. The fraction of sp³-hybridized carbons (Fsp3) is 0.273. The number of nitrogens with zero attached hydrogens (tertiary/aromatic N) is 5. The summed E-state index contributed by atoms with van der Waals surface area (Å²) in [6, 6.07) is 45.5. The van der Waals surface area contributed by atoms with E-state index in [4.69, 9.17) is 22.0 Å². The third kappa shape index (κ3) is 10.2. The van der Waals surface area contributed by atoms with E-state index in [1.807, 2.05) is 59.3 Å². The quantitative estimate of drug-likeness (QED) is 0.141. The largest absolute Gasteiger partial charge is 0.501 e. The average molecular weight is 1220 g/mol. The predicted octanol–water partition coefficient (Wildman–Crippen LogP) is 18.0. The maximum atomic E-state index is 9.55. The molecule has 1 radical (unpaired) electrons. The number of benzene rings is 7. The normalized spacial score (nSPS) is 14.2. The molecule has 11 rings (SSSR count). The van der Waals surface area contributed by atoms with Gasteiger partial charge in [0, 0.05) is 67.5 Å². The van der Waals surface area contributed by atoms with Crippen LogP contribution in [0, 0.1) is 37.2 Å². The van der Waals surface area contributed by atoms with Gasteiger partial charge in [0.05, 0.1) is 39.9 Å². The summed E-state index contributed by atoms with van der Waals surface area (Å²) in [5, 5.41) is 12.0. The minimum absolute atomic E-state index is 0. The van der Waals surface area contributed by atoms with Crippen LogP contribution in [0.2, 0.25) is 0 Å². The Balaban J connectivity index is 0.000000410. The Morgan fingerprint density at radius 1 is 0.684 bits per heavy atom. The number of hydrogen-bond acceptors (Lipinski definition) is 6. The molecular weight excluding hydrogens is 1150 g/mol. The van der Waals surface area contributed by atoms with Crippen LogP contribution in [0.3, 0.4) is 0 Å². The number of hydrogen-bond donors (Lipinski definition) is 0. The first-order valence-corrected chi connectivity index (χ1v) is 30.8. The molecule has 0 fully saturated rings. The van der Waals surface area contributed by atoms with E-state index in [0.29, 0.717) is 55.5 Å². The fourth-order valence-corrected chi connectivity index (χ4v) is 11.7. The van der Waals surface area contributed by atoms with Gasteiger partial charge in [0.2, 0.25) is 0 Å². The Hall–Kier alpha value is -6.47. The molecule has 0 atom stereocenters. The molecule has 0 saturated carbocycles. The van der Waals surface area contributed by atoms with Crippen LogP contribution in [-0.4, -0.2) is 57.1 Å². The van der Waals surface area contributed by atoms with E-state index in [2.05, 4.69) is 145 Å². The number of fused-ring (bicyclic) bond motifs is 7. The van der Waals surface area contributed by atoms with Crippen molar-refractivity contribution >= 4 is 75.0 Å². The van der Waals surface area contributed by atoms with Crippen molar-refractivity contribution in [2.75, 3.05) is 37.5 Å². The monoisotopic (exact) mass is 1220 g/mol. The summed E-state index contributed by atoms with van der Waals surface area (Å²) in [6.45, 7) is 10.0. The van der Waals surface area contributed by atoms with Gasteiger partial charge in [-0.15, -0.1) is 53.6 Å². The first-order valence-electron chi connectivity index (χ1n) is 28.1. The first-order chi connectivity index (χ1) is 37.9. The molecule has 0 unspecified atom stereocenters. The number of furan rings is 2. The third-order valence-corrected chi connectivity index (χ3v) is 17.1. The van der Waals surface area contributed by atoms with Crippen LogP contribution in [-0.2, 0) is 25.5 Å². The zero-order valence-electron chi connectivity index (χ0n) is 51.4. The van der Waals surface area contributed by atoms with E-state index in [1.165, 1.54) is 15.9 Å². The summed E-state index contributed by atoms with van der Waals surface area (Å²) < 4.78 is 67.5. The predicted molar refractivity (Wildman–Crippen MR) is 320 cm³/mol. The molecule has 7 nitrogen and oxygen atoms in total. The van der Waals surface area contributed by atoms with E-state index in [-0.39, 0.29) is 54.1 Å². The van der Waals surface area contributed by atoms with Gasteiger partial charge in [-0.1, -0.05) is 78.4 Å². The van der Waals surface area contributed by atoms with Crippen LogP contribution in [0.25, 0.3) is 94.5 Å². The Morgan fingerprint density at radius 2 is 1.34 bits per heavy atom. The van der Waals surface area contributed by atoms with Crippen molar-refractivity contribution in [1.29, 1.82) is 5.26 Å². The molecule has 7 aromatic carbocycles. The number of nitriles is 1. The van der Waals surface area contributed by atoms with E-state index >= 15 is 0 Å². The summed E-state index contributed by atoms with van der Waals surface area (Å²) in [5.41, 5.74) is 10.8. The van der Waals surface area contributed by atoms with Crippen LogP contribution in [0.1, 0.15) is 102 Å². The van der Waals surface area contributed by atoms with E-state index in [0.717, 1.165) is 55.8 Å². The van der Waals surface area contributed by atoms with Gasteiger partial charge in [-0.3, -0.25) is 15.0 Å². The second-order valence-corrected chi connectivity index (χ2v) is 30.9. The molecule has 0 bridgehead atoms. The van der Waals surface area contributed by atoms with Gasteiger partial charge in [-0.25, -0.2) is 20.1 Å². The molecular formula is C66H67IrN5O2S2-2. The molecule has 0 spiro atoms. The smallest absolute Gasteiger partial charge is 0.136 e. The molecule has 4 heterocycles. The average Bonchev–Trinajstić information content (AvgIpc) is 2.33. The van der Waals surface area contributed by atoms with Gasteiger partial charge in [-0.2, -0.15) is 5.26 Å². The third-order valence-electron chi connectivity index (χ3n) is 13.8. The van der Waals surface area contributed by atoms with E-state index in [1.54, 1.807) is 30.3 Å². The zero-order chi connectivity index (χ0) is 58.5. The zero-order valence-corrected chi connectivity index (χ0v) is 49.4. The van der Waals surface area contributed by atoms with Crippen LogP contribution in [0.4, 0.5) is 0 Å². The fourth-order valence-electron chi connectivity index (χ4n) is 9.71. The molecule has 0 amide bonds. The van der Waals surface area contributed by atoms with E-state index in [9.17, 15) is 5.26 Å². The van der Waals surface area contributed by atoms with Gasteiger partial charge in [0.25, 0.3) is 0 Å². The van der Waals surface area contributed by atoms with Crippen LogP contribution < -0.4 is 0 Å². The molecule has 11 aromatic rings. The molecule has 10 heteroatoms. The van der Waals surface area contributed by atoms with Crippen molar-refractivity contribution in [3.63, 3.8) is 0 Å². The molecule has 0 saturated heterocycles. The van der Waals surface area contributed by atoms with Gasteiger partial charge in [0.15, 0.2) is 0 Å². The van der Waals surface area contributed by atoms with E-state index < -0.39 is 33.8 Å². The van der Waals surface area contributed by atoms with Crippen molar-refractivity contribution < 1.29 is 37.2 Å². The van der Waals surface area contributed by atoms with Gasteiger partial charge in [-0.05, 0) is 167 Å². The Bertz CT molecular complexity index is 4240. The van der Waals surface area contributed by atoms with Gasteiger partial charge < -0.3 is 13.4 Å². The minimum Gasteiger partial charge on any atom is -0.501 e. The van der Waals surface area contributed by atoms with Gasteiger partial charge in [0.1, 0.15) is 16.7 Å². The van der Waals surface area contributed by atoms with Crippen molar-refractivity contribution in [3.8, 4) is 45.7 Å². The second-order valence-electron chi connectivity index (χ2n) is 22.6. The molecule has 0 aliphatic rings. The standard InChI is InChI=1S/C52H52N3O2S2.C14H15N2.Ir/c1-29(2)40-23-35(34-21-36(58(7,8)9)25-37(22-34)59(10,11)12)24-41(30(3)4)50(40)55-49-32(6)14-13-15-44(49)54-52(55)39-18-16-31(5)48-43-27-46-42(26-47(43)57-51(39)48)38-19-17-33(28-53)20-45(38)56-46;1-14(2,3)12-9-10-15-13(16-12)11-7-5-4-6-8-11;/h13-17,19-27,29-30H,1-12H3;4-7,9-10H,1-3H3;/q2*-1;/i5D3,6D3;;. The topological polar surface area (TPSA) is 93.7 Å². The summed E-state index contributed by atoms with van der Waals surface area (Å²) in [7, 11) is -2.14. The van der Waals surface area contributed by atoms with Crippen molar-refractivity contribution in [1.82, 2.24) is 19.5 Å². The molecule has 391 valence electrons. The molecule has 4 aromatic heterocycles. The van der Waals surface area contributed by atoms with Crippen molar-refractivity contribution in [3.05, 3.63) is 167 Å². The SMILES string of the molecule is CC(C)(C)c1ccnc(-c2[c-]cccc2)n1.[2H]C([2H])([2H])c1c[c-]c(-c2nc3cccc(C([2H])([2H])[2H])c3n2-c2c(C(C)C)cc(-c3cc(S(C)(C)C)cc(S(C)(C)C)c3)cc2C(C)C)c2oc3cc4c(cc3c12)oc1cc(C#N)ccc14.[Ir]. The Labute approximate surface area is 473 Å². The first kappa shape index (κ1) is 46.8. The van der Waals surface area contributed by atoms with Crippen LogP contribution in [0.15, 0.2) is 140 Å². The van der Waals surface area contributed by atoms with Crippen LogP contribution >= 0.6 is 20.1 Å². The van der Waals surface area contributed by atoms with Crippen molar-refractivity contribution in [2.45, 2.75) is 89.2 Å². The minimum atomic E-state index is -2.55. The maximum absolute atomic E-state index is 9.55. The number of aryl methyl sites for hydroxylation is 2. The molecule has 76 heavy (non-hydrogen) atoms. The number of imidazole rings is 1. The molecule has 0 aliphatic heterocycles. The summed E-state index contributed by atoms with van der Waals surface area (Å²) in [4.78, 5) is 16.8. The Morgan fingerprint density at radius 3 is 1.96 bits per heavy atom. The summed E-state index contributed by atoms with van der Waals surface area (Å²) in [5.74, 6) is 1.09. The number of aromatic nitrogens is 4. The number of rotatable bonds is 8. The maximum Gasteiger partial charge on any atom is 0.136 e. The number of para-hydroxylation sites is 1. The van der Waals surface area contributed by atoms with Gasteiger partial charge >= 0.3 is 0 Å². The summed E-state index contributed by atoms with van der Waals surface area (Å²) in [6.07, 6.45) is 15.8.